The summed E-state index contributed by atoms with van der Waals surface area (Å²) in [5, 5.41) is 2.22. The Balaban J connectivity index is 2.09. The maximum absolute atomic E-state index is 12.0. The van der Waals surface area contributed by atoms with Crippen molar-refractivity contribution in [1.82, 2.24) is 9.97 Å². The third kappa shape index (κ3) is 2.12. The van der Waals surface area contributed by atoms with E-state index >= 15 is 0 Å². The van der Waals surface area contributed by atoms with E-state index in [9.17, 15) is 4.79 Å². The monoisotopic (exact) mass is 252 g/mol. The number of nitrogens with one attached hydrogen (secondary N) is 1. The molecule has 1 N–H and O–H groups in total. The number of benzene rings is 1. The molecule has 0 amide bonds. The molecule has 0 saturated carbocycles. The van der Waals surface area contributed by atoms with Crippen molar-refractivity contribution in [2.75, 3.05) is 0 Å². The van der Waals surface area contributed by atoms with Gasteiger partial charge in [-0.05, 0) is 18.6 Å². The smallest absolute Gasteiger partial charge is 0.181 e. The van der Waals surface area contributed by atoms with Gasteiger partial charge in [-0.3, -0.25) is 9.78 Å². The van der Waals surface area contributed by atoms with Gasteiger partial charge in [0.05, 0.1) is 11.7 Å². The summed E-state index contributed by atoms with van der Waals surface area (Å²) in [5.41, 5.74) is 2.64. The first-order valence-corrected chi connectivity index (χ1v) is 6.69. The van der Waals surface area contributed by atoms with Crippen molar-refractivity contribution in [3.63, 3.8) is 0 Å². The van der Waals surface area contributed by atoms with Crippen molar-refractivity contribution in [1.29, 1.82) is 0 Å². The molecule has 2 aromatic heterocycles. The first kappa shape index (κ1) is 11.9. The number of hydrogen-bond donors (Lipinski definition) is 1. The number of ketones is 1. The molecule has 19 heavy (non-hydrogen) atoms. The Labute approximate surface area is 111 Å². The minimum Gasteiger partial charge on any atom is -0.353 e. The molecule has 2 heterocycles. The van der Waals surface area contributed by atoms with E-state index in [0.29, 0.717) is 12.1 Å². The number of fused-ring (bicyclic) bond motifs is 3. The first-order chi connectivity index (χ1) is 9.29. The second-order valence-corrected chi connectivity index (χ2v) is 4.81. The van der Waals surface area contributed by atoms with Crippen LogP contribution in [0.3, 0.4) is 0 Å². The van der Waals surface area contributed by atoms with E-state index in [-0.39, 0.29) is 5.78 Å². The Morgan fingerprint density at radius 2 is 2.05 bits per heavy atom. The van der Waals surface area contributed by atoms with Crippen LogP contribution >= 0.6 is 0 Å². The Hall–Kier alpha value is -2.16. The van der Waals surface area contributed by atoms with Crippen LogP contribution in [0.1, 0.15) is 36.7 Å². The normalized spacial score (nSPS) is 11.2. The summed E-state index contributed by atoms with van der Waals surface area (Å²) in [5.74, 6) is 0.133. The molecule has 3 rings (SSSR count). The molecule has 3 aromatic rings. The van der Waals surface area contributed by atoms with E-state index in [1.54, 1.807) is 6.20 Å². The predicted octanol–water partition coefficient (Wildman–Crippen LogP) is 4.09. The molecule has 0 fully saturated rings. The number of carbonyl (C=O) groups excluding carboxylic acids is 1. The first-order valence-electron chi connectivity index (χ1n) is 6.69. The van der Waals surface area contributed by atoms with E-state index in [1.807, 2.05) is 24.3 Å². The molecule has 0 atom stereocenters. The highest BCUT2D eigenvalue weighted by molar-refractivity contribution is 6.09. The Morgan fingerprint density at radius 1 is 1.21 bits per heavy atom. The van der Waals surface area contributed by atoms with Gasteiger partial charge in [0.15, 0.2) is 5.78 Å². The highest BCUT2D eigenvalue weighted by Gasteiger charge is 2.10. The zero-order chi connectivity index (χ0) is 13.2. The Bertz CT molecular complexity index is 743. The van der Waals surface area contributed by atoms with E-state index in [0.717, 1.165) is 34.6 Å². The molecule has 0 aliphatic carbocycles. The van der Waals surface area contributed by atoms with E-state index < -0.39 is 0 Å². The molecule has 0 saturated heterocycles. The minimum atomic E-state index is 0.133. The Morgan fingerprint density at radius 3 is 2.89 bits per heavy atom. The molecule has 96 valence electrons. The van der Waals surface area contributed by atoms with Crippen LogP contribution in [0, 0.1) is 0 Å². The molecular weight excluding hydrogens is 236 g/mol. The molecule has 3 heteroatoms. The lowest BCUT2D eigenvalue weighted by molar-refractivity contribution is 0.0975. The average molecular weight is 252 g/mol. The van der Waals surface area contributed by atoms with Crippen molar-refractivity contribution < 1.29 is 4.79 Å². The highest BCUT2D eigenvalue weighted by Crippen LogP contribution is 2.25. The van der Waals surface area contributed by atoms with Crippen molar-refractivity contribution in [3.05, 3.63) is 42.2 Å². The number of aromatic amines is 1. The lowest BCUT2D eigenvalue weighted by atomic mass is 10.1. The van der Waals surface area contributed by atoms with Gasteiger partial charge < -0.3 is 4.98 Å². The summed E-state index contributed by atoms with van der Waals surface area (Å²) < 4.78 is 0. The van der Waals surface area contributed by atoms with Crippen molar-refractivity contribution in [3.8, 4) is 0 Å². The molecule has 0 aliphatic rings. The number of unbranched alkanes of at least 4 members (excludes halogenated alkanes) is 1. The number of carbonyl (C=O) groups is 1. The lowest BCUT2D eigenvalue weighted by Gasteiger charge is -1.99. The lowest BCUT2D eigenvalue weighted by Crippen LogP contribution is -2.01. The second kappa shape index (κ2) is 4.84. The van der Waals surface area contributed by atoms with Crippen LogP contribution in [0.2, 0.25) is 0 Å². The van der Waals surface area contributed by atoms with E-state index in [2.05, 4.69) is 23.0 Å². The number of pyridine rings is 1. The maximum atomic E-state index is 12.0. The van der Waals surface area contributed by atoms with E-state index in [1.165, 1.54) is 0 Å². The topological polar surface area (TPSA) is 45.8 Å². The van der Waals surface area contributed by atoms with Crippen LogP contribution < -0.4 is 0 Å². The van der Waals surface area contributed by atoms with Crippen LogP contribution in [-0.4, -0.2) is 15.8 Å². The van der Waals surface area contributed by atoms with Crippen LogP contribution in [0.5, 0.6) is 0 Å². The summed E-state index contributed by atoms with van der Waals surface area (Å²) in [6.07, 6.45) is 4.29. The van der Waals surface area contributed by atoms with Crippen LogP contribution in [-0.2, 0) is 0 Å². The zero-order valence-electron chi connectivity index (χ0n) is 10.9. The average Bonchev–Trinajstić information content (AvgIpc) is 2.82. The van der Waals surface area contributed by atoms with Gasteiger partial charge in [0.2, 0.25) is 0 Å². The highest BCUT2D eigenvalue weighted by atomic mass is 16.1. The summed E-state index contributed by atoms with van der Waals surface area (Å²) in [6.45, 7) is 2.09. The fourth-order valence-electron chi connectivity index (χ4n) is 2.37. The number of nitrogens with zero attached hydrogens (tertiary/aromatic N) is 1. The number of hydrogen-bond acceptors (Lipinski definition) is 2. The minimum absolute atomic E-state index is 0.133. The quantitative estimate of drug-likeness (QED) is 0.711. The van der Waals surface area contributed by atoms with Crippen LogP contribution in [0.4, 0.5) is 0 Å². The summed E-state index contributed by atoms with van der Waals surface area (Å²) in [4.78, 5) is 19.6. The fourth-order valence-corrected chi connectivity index (χ4v) is 2.37. The SMILES string of the molecule is CCCCC(=O)c1cc2c(cn1)[nH]c1ccccc12. The van der Waals surface area contributed by atoms with Crippen molar-refractivity contribution in [2.45, 2.75) is 26.2 Å². The molecule has 0 aliphatic heterocycles. The number of H-pyrrole nitrogens is 1. The molecule has 0 radical (unpaired) electrons. The number of Topliss-reactive ketones (excluding diaryl/α,β-unsaturated/α-hetero) is 1. The van der Waals surface area contributed by atoms with Crippen LogP contribution in [0.15, 0.2) is 36.5 Å². The maximum Gasteiger partial charge on any atom is 0.181 e. The van der Waals surface area contributed by atoms with Crippen molar-refractivity contribution in [2.24, 2.45) is 0 Å². The predicted molar refractivity (Wildman–Crippen MR) is 77.5 cm³/mol. The Kier molecular flexibility index (Phi) is 3.03. The largest absolute Gasteiger partial charge is 0.353 e. The summed E-state index contributed by atoms with van der Waals surface area (Å²) >= 11 is 0. The van der Waals surface area contributed by atoms with Gasteiger partial charge in [0, 0.05) is 22.7 Å². The van der Waals surface area contributed by atoms with Crippen LogP contribution in [0.25, 0.3) is 21.8 Å². The zero-order valence-corrected chi connectivity index (χ0v) is 10.9. The third-order valence-electron chi connectivity index (χ3n) is 3.43. The molecule has 0 bridgehead atoms. The van der Waals surface area contributed by atoms with Crippen molar-refractivity contribution >= 4 is 27.6 Å². The number of para-hydroxylation sites is 1. The molecule has 0 spiro atoms. The fraction of sp³-hybridized carbons (Fsp3) is 0.250. The summed E-state index contributed by atoms with van der Waals surface area (Å²) in [6, 6.07) is 10.0. The standard InChI is InChI=1S/C16H16N2O/c1-2-3-8-16(19)14-9-12-11-6-4-5-7-13(11)18-15(12)10-17-14/h4-7,9-10,18H,2-3,8H2,1H3. The van der Waals surface area contributed by atoms with Gasteiger partial charge in [-0.25, -0.2) is 0 Å². The molecular formula is C16H16N2O. The number of rotatable bonds is 4. The number of aromatic nitrogens is 2. The molecule has 1 aromatic carbocycles. The van der Waals surface area contributed by atoms with Gasteiger partial charge in [-0.15, -0.1) is 0 Å². The molecule has 0 unspecified atom stereocenters. The van der Waals surface area contributed by atoms with Gasteiger partial charge in [0.1, 0.15) is 5.69 Å². The van der Waals surface area contributed by atoms with Gasteiger partial charge in [0.25, 0.3) is 0 Å². The van der Waals surface area contributed by atoms with E-state index in [4.69, 9.17) is 0 Å². The molecule has 3 nitrogen and oxygen atoms in total. The summed E-state index contributed by atoms with van der Waals surface area (Å²) in [7, 11) is 0. The van der Waals surface area contributed by atoms with Gasteiger partial charge >= 0.3 is 0 Å². The van der Waals surface area contributed by atoms with Gasteiger partial charge in [-0.2, -0.15) is 0 Å². The third-order valence-corrected chi connectivity index (χ3v) is 3.43. The van der Waals surface area contributed by atoms with Gasteiger partial charge in [-0.1, -0.05) is 31.5 Å². The second-order valence-electron chi connectivity index (χ2n) is 4.81.